The number of benzene rings is 3. The molecule has 1 aromatic heterocycles. The van der Waals surface area contributed by atoms with Crippen molar-refractivity contribution in [1.29, 1.82) is 0 Å². The molecule has 5 heteroatoms. The Balaban J connectivity index is 0.000000398. The fourth-order valence-corrected chi connectivity index (χ4v) is 3.63. The molecule has 165 valence electrons. The topological polar surface area (TPSA) is 71.6 Å². The van der Waals surface area contributed by atoms with Gasteiger partial charge in [0.15, 0.2) is 0 Å². The number of fused-ring (bicyclic) bond motifs is 3. The van der Waals surface area contributed by atoms with E-state index < -0.39 is 0 Å². The molecule has 4 aromatic rings. The Labute approximate surface area is 201 Å². The Hall–Kier alpha value is -3.14. The zero-order valence-electron chi connectivity index (χ0n) is 18.4. The summed E-state index contributed by atoms with van der Waals surface area (Å²) in [6, 6.07) is 19.6. The molecule has 0 aliphatic heterocycles. The van der Waals surface area contributed by atoms with E-state index in [1.807, 2.05) is 30.5 Å². The van der Waals surface area contributed by atoms with E-state index in [0.717, 1.165) is 44.7 Å². The summed E-state index contributed by atoms with van der Waals surface area (Å²) in [4.78, 5) is 24.0. The van der Waals surface area contributed by atoms with E-state index in [-0.39, 0.29) is 31.6 Å². The minimum atomic E-state index is 0. The third kappa shape index (κ3) is 5.97. The molecule has 0 spiro atoms. The van der Waals surface area contributed by atoms with Gasteiger partial charge in [0.25, 0.3) is 0 Å². The molecule has 0 saturated carbocycles. The summed E-state index contributed by atoms with van der Waals surface area (Å²) in [5.41, 5.74) is 4.97. The zero-order chi connectivity index (χ0) is 22.5. The number of aliphatic hydroxyl groups is 1. The molecule has 0 bridgehead atoms. The molecule has 0 fully saturated rings. The van der Waals surface area contributed by atoms with Crippen LogP contribution in [0.2, 0.25) is 0 Å². The first-order chi connectivity index (χ1) is 14.8. The van der Waals surface area contributed by atoms with Crippen molar-refractivity contribution in [2.24, 2.45) is 0 Å². The number of carbonyl (C=O) groups is 1. The maximum absolute atomic E-state index is 11.0. The van der Waals surface area contributed by atoms with Gasteiger partial charge < -0.3 is 10.1 Å². The van der Waals surface area contributed by atoms with Crippen LogP contribution in [-0.2, 0) is 20.1 Å². The van der Waals surface area contributed by atoms with Crippen molar-refractivity contribution in [3.8, 4) is 11.3 Å². The number of pyridine rings is 1. The minimum Gasteiger partial charge on any atom is -0.512 e. The predicted molar refractivity (Wildman–Crippen MR) is 127 cm³/mol. The molecular weight excluding hydrogens is 579 g/mol. The first-order valence-electron chi connectivity index (χ1n) is 9.96. The summed E-state index contributed by atoms with van der Waals surface area (Å²) in [5.74, 6) is 0.250. The van der Waals surface area contributed by atoms with Crippen molar-refractivity contribution in [3.63, 3.8) is 0 Å². The number of carbonyl (C=O) groups excluding carboxylic acids is 2. The van der Waals surface area contributed by atoms with Crippen LogP contribution < -0.4 is 0 Å². The summed E-state index contributed by atoms with van der Waals surface area (Å²) < 4.78 is 0. The number of hydrogen-bond acceptors (Lipinski definition) is 3. The van der Waals surface area contributed by atoms with E-state index in [1.165, 1.54) is 25.5 Å². The zero-order valence-corrected chi connectivity index (χ0v) is 20.8. The van der Waals surface area contributed by atoms with Gasteiger partial charge in [0, 0.05) is 31.9 Å². The summed E-state index contributed by atoms with van der Waals surface area (Å²) in [7, 11) is 0. The Bertz CT molecular complexity index is 1300. The van der Waals surface area contributed by atoms with Crippen molar-refractivity contribution < 1.29 is 34.8 Å². The maximum Gasteiger partial charge on any atom is 0.316 e. The second-order valence-corrected chi connectivity index (χ2v) is 7.60. The molecule has 4 rings (SSSR count). The Morgan fingerprint density at radius 1 is 1.00 bits per heavy atom. The molecule has 0 saturated heterocycles. The van der Waals surface area contributed by atoms with Crippen LogP contribution in [0, 0.1) is 19.9 Å². The predicted octanol–water partition coefficient (Wildman–Crippen LogP) is 6.30. The number of rotatable bonds is 3. The molecule has 1 heterocycles. The first-order valence-corrected chi connectivity index (χ1v) is 9.96. The van der Waals surface area contributed by atoms with Crippen LogP contribution in [0.1, 0.15) is 35.3 Å². The van der Waals surface area contributed by atoms with Gasteiger partial charge in [-0.15, -0.1) is 34.9 Å². The van der Waals surface area contributed by atoms with Gasteiger partial charge in [0.1, 0.15) is 6.29 Å². The SMILES string of the molecule is CC(=[OH+])/C=C(/C)O.Cc1[c-]c(-c2nccc3c2ccc2cc(C=O)ccc23)cc(C)c1.[Ir]. The number of hydrogen-bond donors (Lipinski definition) is 1. The smallest absolute Gasteiger partial charge is 0.316 e. The van der Waals surface area contributed by atoms with Crippen LogP contribution in [0.25, 0.3) is 32.8 Å². The van der Waals surface area contributed by atoms with Gasteiger partial charge in [-0.3, -0.25) is 9.59 Å². The van der Waals surface area contributed by atoms with Gasteiger partial charge in [0.05, 0.1) is 18.8 Å². The average Bonchev–Trinajstić information content (AvgIpc) is 2.71. The van der Waals surface area contributed by atoms with Gasteiger partial charge in [-0.2, -0.15) is 0 Å². The van der Waals surface area contributed by atoms with E-state index >= 15 is 0 Å². The Morgan fingerprint density at radius 2 is 1.72 bits per heavy atom. The fraction of sp³-hybridized carbons (Fsp3) is 0.148. The molecule has 3 aromatic carbocycles. The summed E-state index contributed by atoms with van der Waals surface area (Å²) >= 11 is 0. The molecule has 4 nitrogen and oxygen atoms in total. The van der Waals surface area contributed by atoms with Crippen LogP contribution >= 0.6 is 0 Å². The molecule has 0 aliphatic carbocycles. The van der Waals surface area contributed by atoms with Crippen molar-refractivity contribution in [2.45, 2.75) is 27.7 Å². The standard InChI is InChI=1S/C22H16NO.C5H8O2.Ir/c1-14-9-15(2)11-18(10-14)22-21-6-4-17-12-16(13-24)3-5-19(17)20(21)7-8-23-22;1-4(6)3-5(2)7;/h3-10,12-13H,1-2H3;3,6H,1-2H3;/q-1;;/p+1/b;4-3-;. The van der Waals surface area contributed by atoms with E-state index in [0.29, 0.717) is 5.56 Å². The normalized spacial score (nSPS) is 10.8. The molecule has 32 heavy (non-hydrogen) atoms. The molecule has 0 unspecified atom stereocenters. The van der Waals surface area contributed by atoms with Crippen LogP contribution in [-0.4, -0.2) is 27.0 Å². The molecule has 0 aliphatic rings. The number of aliphatic hydroxyl groups excluding tert-OH is 1. The molecule has 0 amide bonds. The Morgan fingerprint density at radius 3 is 2.31 bits per heavy atom. The fourth-order valence-electron chi connectivity index (χ4n) is 3.63. The largest absolute Gasteiger partial charge is 0.512 e. The Kier molecular flexibility index (Phi) is 8.59. The first kappa shape index (κ1) is 25.1. The quantitative estimate of drug-likeness (QED) is 0.0747. The van der Waals surface area contributed by atoms with Crippen LogP contribution in [0.5, 0.6) is 0 Å². The van der Waals surface area contributed by atoms with Crippen molar-refractivity contribution in [3.05, 3.63) is 89.3 Å². The second-order valence-electron chi connectivity index (χ2n) is 7.60. The number of aryl methyl sites for hydroxylation is 2. The molecule has 0 atom stereocenters. The van der Waals surface area contributed by atoms with E-state index in [2.05, 4.69) is 49.2 Å². The number of aromatic nitrogens is 1. The molecule has 1 radical (unpaired) electrons. The summed E-state index contributed by atoms with van der Waals surface area (Å²) in [6.45, 7) is 7.14. The summed E-state index contributed by atoms with van der Waals surface area (Å²) in [6.07, 6.45) is 4.00. The summed E-state index contributed by atoms with van der Waals surface area (Å²) in [5, 5.41) is 12.8. The number of nitrogens with zero attached hydrogens (tertiary/aromatic N) is 1. The van der Waals surface area contributed by atoms with Crippen LogP contribution in [0.15, 0.2) is 66.6 Å². The van der Waals surface area contributed by atoms with Gasteiger partial charge in [-0.25, -0.2) is 0 Å². The third-order valence-electron chi connectivity index (χ3n) is 4.74. The minimum absolute atomic E-state index is 0. The number of aldehydes is 1. The monoisotopic (exact) mass is 604 g/mol. The van der Waals surface area contributed by atoms with Gasteiger partial charge in [-0.05, 0) is 46.3 Å². The third-order valence-corrected chi connectivity index (χ3v) is 4.74. The van der Waals surface area contributed by atoms with Crippen LogP contribution in [0.3, 0.4) is 0 Å². The van der Waals surface area contributed by atoms with E-state index in [1.54, 1.807) is 0 Å². The van der Waals surface area contributed by atoms with Crippen LogP contribution in [0.4, 0.5) is 0 Å². The second kappa shape index (κ2) is 10.9. The van der Waals surface area contributed by atoms with Crippen molar-refractivity contribution in [1.82, 2.24) is 4.98 Å². The maximum atomic E-state index is 11.0. The van der Waals surface area contributed by atoms with E-state index in [9.17, 15) is 4.79 Å². The van der Waals surface area contributed by atoms with E-state index in [4.69, 9.17) is 9.90 Å². The van der Waals surface area contributed by atoms with Gasteiger partial charge in [0.2, 0.25) is 0 Å². The molecular formula is C27H25IrNO3. The van der Waals surface area contributed by atoms with Crippen molar-refractivity contribution in [2.75, 3.05) is 0 Å². The average molecular weight is 604 g/mol. The van der Waals surface area contributed by atoms with Gasteiger partial charge >= 0.3 is 5.78 Å². The molecule has 2 N–H and O–H groups in total. The van der Waals surface area contributed by atoms with Crippen molar-refractivity contribution >= 4 is 33.6 Å². The van der Waals surface area contributed by atoms with Gasteiger partial charge in [-0.1, -0.05) is 38.1 Å². The number of ketones is 1. The number of allylic oxidation sites excluding steroid dienone is 2.